The van der Waals surface area contributed by atoms with E-state index in [0.29, 0.717) is 43.4 Å². The number of carbonyl (C=O) groups is 2. The molecule has 7 nitrogen and oxygen atoms in total. The Morgan fingerprint density at radius 2 is 1.92 bits per heavy atom. The van der Waals surface area contributed by atoms with Crippen LogP contribution in [0.25, 0.3) is 0 Å². The average Bonchev–Trinajstić information content (AvgIpc) is 2.90. The molecule has 1 heterocycles. The Morgan fingerprint density at radius 1 is 1.24 bits per heavy atom. The van der Waals surface area contributed by atoms with Crippen LogP contribution in [0.5, 0.6) is 11.5 Å². The average molecular weight is 349 g/mol. The summed E-state index contributed by atoms with van der Waals surface area (Å²) in [4.78, 5) is 25.9. The Morgan fingerprint density at radius 3 is 2.52 bits per heavy atom. The van der Waals surface area contributed by atoms with E-state index in [4.69, 9.17) is 9.47 Å². The van der Waals surface area contributed by atoms with Gasteiger partial charge in [-0.3, -0.25) is 4.79 Å². The van der Waals surface area contributed by atoms with Crippen LogP contribution in [0.4, 0.5) is 10.5 Å². The van der Waals surface area contributed by atoms with Gasteiger partial charge in [0.15, 0.2) is 11.5 Å². The van der Waals surface area contributed by atoms with E-state index in [1.54, 1.807) is 23.1 Å². The van der Waals surface area contributed by atoms with Gasteiger partial charge in [-0.1, -0.05) is 0 Å². The number of carbonyl (C=O) groups excluding carboxylic acids is 2. The van der Waals surface area contributed by atoms with E-state index in [9.17, 15) is 9.59 Å². The van der Waals surface area contributed by atoms with Crippen LogP contribution in [0.3, 0.4) is 0 Å². The van der Waals surface area contributed by atoms with Crippen molar-refractivity contribution in [1.82, 2.24) is 10.2 Å². The number of benzene rings is 1. The Bertz CT molecular complexity index is 618. The van der Waals surface area contributed by atoms with Crippen LogP contribution in [0, 0.1) is 0 Å². The molecule has 138 valence electrons. The molecule has 0 bridgehead atoms. The molecule has 1 aromatic carbocycles. The second kappa shape index (κ2) is 8.60. The third-order valence-corrected chi connectivity index (χ3v) is 3.92. The predicted molar refractivity (Wildman–Crippen MR) is 96.2 cm³/mol. The molecular weight excluding hydrogens is 322 g/mol. The third-order valence-electron chi connectivity index (χ3n) is 3.92. The van der Waals surface area contributed by atoms with Gasteiger partial charge in [-0.05, 0) is 39.8 Å². The molecule has 25 heavy (non-hydrogen) atoms. The molecule has 0 saturated carbocycles. The minimum absolute atomic E-state index is 0.0694. The van der Waals surface area contributed by atoms with Gasteiger partial charge in [0.05, 0.1) is 19.3 Å². The van der Waals surface area contributed by atoms with Crippen LogP contribution in [-0.4, -0.2) is 48.7 Å². The lowest BCUT2D eigenvalue weighted by Crippen LogP contribution is -2.40. The van der Waals surface area contributed by atoms with Gasteiger partial charge in [-0.15, -0.1) is 0 Å². The quantitative estimate of drug-likeness (QED) is 0.793. The van der Waals surface area contributed by atoms with Crippen LogP contribution in [-0.2, 0) is 4.79 Å². The summed E-state index contributed by atoms with van der Waals surface area (Å²) in [6.07, 6.45) is 0.332. The summed E-state index contributed by atoms with van der Waals surface area (Å²) in [6.45, 7) is 9.31. The molecule has 7 heteroatoms. The number of nitrogens with one attached hydrogen (secondary N) is 2. The zero-order chi connectivity index (χ0) is 18.4. The molecule has 3 amide bonds. The smallest absolute Gasteiger partial charge is 0.319 e. The van der Waals surface area contributed by atoms with E-state index in [1.807, 2.05) is 27.7 Å². The van der Waals surface area contributed by atoms with E-state index < -0.39 is 0 Å². The number of rotatable bonds is 7. The zero-order valence-electron chi connectivity index (χ0n) is 15.3. The number of anilines is 1. The molecule has 0 radical (unpaired) electrons. The second-order valence-corrected chi connectivity index (χ2v) is 6.17. The van der Waals surface area contributed by atoms with Gasteiger partial charge in [0.1, 0.15) is 0 Å². The first-order valence-corrected chi connectivity index (χ1v) is 8.71. The van der Waals surface area contributed by atoms with Gasteiger partial charge in [0.25, 0.3) is 0 Å². The molecule has 1 saturated heterocycles. The topological polar surface area (TPSA) is 79.9 Å². The Hall–Kier alpha value is -2.44. The van der Waals surface area contributed by atoms with Gasteiger partial charge < -0.3 is 25.0 Å². The summed E-state index contributed by atoms with van der Waals surface area (Å²) in [6, 6.07) is 4.88. The van der Waals surface area contributed by atoms with Crippen molar-refractivity contribution in [3.8, 4) is 11.5 Å². The first-order valence-electron chi connectivity index (χ1n) is 8.71. The normalized spacial score (nSPS) is 16.9. The molecule has 1 fully saturated rings. The number of nitrogens with zero attached hydrogens (tertiary/aromatic N) is 1. The minimum atomic E-state index is -0.338. The molecular formula is C18H27N3O4. The van der Waals surface area contributed by atoms with Gasteiger partial charge in [-0.2, -0.15) is 0 Å². The van der Waals surface area contributed by atoms with Crippen molar-refractivity contribution in [3.05, 3.63) is 18.2 Å². The lowest BCUT2D eigenvalue weighted by atomic mass is 10.2. The van der Waals surface area contributed by atoms with Crippen LogP contribution in [0.2, 0.25) is 0 Å². The van der Waals surface area contributed by atoms with E-state index in [0.717, 1.165) is 0 Å². The summed E-state index contributed by atoms with van der Waals surface area (Å²) in [7, 11) is 0. The number of amides is 3. The van der Waals surface area contributed by atoms with E-state index in [1.165, 1.54) is 0 Å². The zero-order valence-corrected chi connectivity index (χ0v) is 15.3. The van der Waals surface area contributed by atoms with Crippen molar-refractivity contribution in [2.24, 2.45) is 0 Å². The first-order chi connectivity index (χ1) is 11.9. The number of urea groups is 1. The summed E-state index contributed by atoms with van der Waals surface area (Å²) in [5.74, 6) is 1.30. The SMILES string of the molecule is CCOc1ccc(NC(=O)NC2CC(=O)N(C(C)C)C2)cc1OCC. The van der Waals surface area contributed by atoms with Gasteiger partial charge in [0, 0.05) is 30.8 Å². The number of hydrogen-bond acceptors (Lipinski definition) is 4. The van der Waals surface area contributed by atoms with Gasteiger partial charge in [0.2, 0.25) is 5.91 Å². The van der Waals surface area contributed by atoms with E-state index in [-0.39, 0.29) is 24.0 Å². The molecule has 1 aliphatic rings. The third kappa shape index (κ3) is 5.01. The summed E-state index contributed by atoms with van der Waals surface area (Å²) < 4.78 is 11.1. The van der Waals surface area contributed by atoms with Crippen molar-refractivity contribution in [1.29, 1.82) is 0 Å². The second-order valence-electron chi connectivity index (χ2n) is 6.17. The Labute approximate surface area is 148 Å². The highest BCUT2D eigenvalue weighted by molar-refractivity contribution is 5.91. The summed E-state index contributed by atoms with van der Waals surface area (Å²) in [5, 5.41) is 5.63. The monoisotopic (exact) mass is 349 g/mol. The molecule has 1 aromatic rings. The maximum Gasteiger partial charge on any atom is 0.319 e. The maximum atomic E-state index is 12.2. The summed E-state index contributed by atoms with van der Waals surface area (Å²) >= 11 is 0. The fourth-order valence-corrected chi connectivity index (χ4v) is 2.81. The molecule has 0 spiro atoms. The molecule has 2 rings (SSSR count). The van der Waals surface area contributed by atoms with Crippen molar-refractivity contribution in [3.63, 3.8) is 0 Å². The molecule has 0 aromatic heterocycles. The molecule has 1 atom stereocenters. The van der Waals surface area contributed by atoms with Crippen molar-refractivity contribution >= 4 is 17.6 Å². The number of likely N-dealkylation sites (tertiary alicyclic amines) is 1. The van der Waals surface area contributed by atoms with Gasteiger partial charge >= 0.3 is 6.03 Å². The lowest BCUT2D eigenvalue weighted by molar-refractivity contribution is -0.129. The van der Waals surface area contributed by atoms with Crippen LogP contribution < -0.4 is 20.1 Å². The number of ether oxygens (including phenoxy) is 2. The predicted octanol–water partition coefficient (Wildman–Crippen LogP) is 2.61. The fraction of sp³-hybridized carbons (Fsp3) is 0.556. The van der Waals surface area contributed by atoms with Crippen molar-refractivity contribution in [2.75, 3.05) is 25.1 Å². The van der Waals surface area contributed by atoms with Crippen molar-refractivity contribution in [2.45, 2.75) is 46.2 Å². The largest absolute Gasteiger partial charge is 0.490 e. The van der Waals surface area contributed by atoms with Crippen LogP contribution >= 0.6 is 0 Å². The molecule has 1 unspecified atom stereocenters. The minimum Gasteiger partial charge on any atom is -0.490 e. The molecule has 1 aliphatic heterocycles. The fourth-order valence-electron chi connectivity index (χ4n) is 2.81. The standard InChI is InChI=1S/C18H27N3O4/c1-5-24-15-8-7-13(9-16(15)25-6-2)19-18(23)20-14-10-17(22)21(11-14)12(3)4/h7-9,12,14H,5-6,10-11H2,1-4H3,(H2,19,20,23). The Balaban J connectivity index is 1.96. The highest BCUT2D eigenvalue weighted by Gasteiger charge is 2.31. The lowest BCUT2D eigenvalue weighted by Gasteiger charge is -2.21. The number of hydrogen-bond donors (Lipinski definition) is 2. The van der Waals surface area contributed by atoms with E-state index >= 15 is 0 Å². The maximum absolute atomic E-state index is 12.2. The molecule has 2 N–H and O–H groups in total. The highest BCUT2D eigenvalue weighted by atomic mass is 16.5. The van der Waals surface area contributed by atoms with E-state index in [2.05, 4.69) is 10.6 Å². The Kier molecular flexibility index (Phi) is 6.50. The van der Waals surface area contributed by atoms with Crippen LogP contribution in [0.15, 0.2) is 18.2 Å². The van der Waals surface area contributed by atoms with Crippen LogP contribution in [0.1, 0.15) is 34.1 Å². The summed E-state index contributed by atoms with van der Waals surface area (Å²) in [5.41, 5.74) is 0.606. The molecule has 0 aliphatic carbocycles. The van der Waals surface area contributed by atoms with Gasteiger partial charge in [-0.25, -0.2) is 4.79 Å². The highest BCUT2D eigenvalue weighted by Crippen LogP contribution is 2.30. The van der Waals surface area contributed by atoms with Crippen molar-refractivity contribution < 1.29 is 19.1 Å². The first kappa shape index (κ1) is 18.9.